The number of benzene rings is 3. The zero-order chi connectivity index (χ0) is 18.8. The third-order valence-corrected chi connectivity index (χ3v) is 6.32. The van der Waals surface area contributed by atoms with Crippen molar-refractivity contribution in [1.82, 2.24) is 4.90 Å². The van der Waals surface area contributed by atoms with E-state index >= 15 is 0 Å². The first-order chi connectivity index (χ1) is 13.1. The molecule has 0 spiro atoms. The van der Waals surface area contributed by atoms with Crippen LogP contribution in [0, 0.1) is 13.8 Å². The summed E-state index contributed by atoms with van der Waals surface area (Å²) in [6, 6.07) is 24.7. The summed E-state index contributed by atoms with van der Waals surface area (Å²) in [5.74, 6) is 1.09. The van der Waals surface area contributed by atoms with Gasteiger partial charge in [-0.2, -0.15) is 0 Å². The van der Waals surface area contributed by atoms with E-state index in [0.717, 1.165) is 23.4 Å². The highest BCUT2D eigenvalue weighted by molar-refractivity contribution is 7.99. The normalized spacial score (nSPS) is 16.5. The smallest absolute Gasteiger partial charge is 0.255 e. The van der Waals surface area contributed by atoms with Gasteiger partial charge in [0.05, 0.1) is 0 Å². The van der Waals surface area contributed by atoms with Gasteiger partial charge in [-0.15, -0.1) is 11.8 Å². The molecule has 0 bridgehead atoms. The fourth-order valence-electron chi connectivity index (χ4n) is 3.64. The SMILES string of the molecule is Cc1ccc([C@H]2SCCN2C(=O)c2ccc(-c3ccccc3)cc2)c(C)c1. The van der Waals surface area contributed by atoms with E-state index in [2.05, 4.69) is 44.2 Å². The van der Waals surface area contributed by atoms with Crippen molar-refractivity contribution in [1.29, 1.82) is 0 Å². The summed E-state index contributed by atoms with van der Waals surface area (Å²) in [6.45, 7) is 5.04. The van der Waals surface area contributed by atoms with Gasteiger partial charge in [-0.3, -0.25) is 4.79 Å². The molecule has 0 saturated carbocycles. The number of nitrogens with zero attached hydrogens (tertiary/aromatic N) is 1. The minimum absolute atomic E-state index is 0.104. The molecule has 4 rings (SSSR count). The van der Waals surface area contributed by atoms with Crippen LogP contribution in [-0.4, -0.2) is 23.1 Å². The molecule has 3 aromatic rings. The van der Waals surface area contributed by atoms with Crippen LogP contribution < -0.4 is 0 Å². The highest BCUT2D eigenvalue weighted by Gasteiger charge is 2.32. The van der Waals surface area contributed by atoms with E-state index in [1.807, 2.05) is 59.1 Å². The molecule has 0 unspecified atom stereocenters. The van der Waals surface area contributed by atoms with Crippen molar-refractivity contribution in [3.63, 3.8) is 0 Å². The minimum Gasteiger partial charge on any atom is -0.322 e. The Morgan fingerprint density at radius 3 is 2.33 bits per heavy atom. The summed E-state index contributed by atoms with van der Waals surface area (Å²) in [6.07, 6.45) is 0. The Bertz CT molecular complexity index is 950. The van der Waals surface area contributed by atoms with E-state index in [-0.39, 0.29) is 11.3 Å². The summed E-state index contributed by atoms with van der Waals surface area (Å²) in [4.78, 5) is 15.2. The molecule has 27 heavy (non-hydrogen) atoms. The van der Waals surface area contributed by atoms with Crippen molar-refractivity contribution in [2.75, 3.05) is 12.3 Å². The maximum atomic E-state index is 13.2. The molecule has 0 aromatic heterocycles. The van der Waals surface area contributed by atoms with E-state index in [1.54, 1.807) is 0 Å². The van der Waals surface area contributed by atoms with Crippen LogP contribution in [0.2, 0.25) is 0 Å². The number of hydrogen-bond donors (Lipinski definition) is 0. The summed E-state index contributed by atoms with van der Waals surface area (Å²) < 4.78 is 0. The zero-order valence-corrected chi connectivity index (χ0v) is 16.5. The summed E-state index contributed by atoms with van der Waals surface area (Å²) in [7, 11) is 0. The predicted octanol–water partition coefficient (Wildman–Crippen LogP) is 5.86. The van der Waals surface area contributed by atoms with Gasteiger partial charge in [0.25, 0.3) is 5.91 Å². The number of rotatable bonds is 3. The first kappa shape index (κ1) is 17.9. The highest BCUT2D eigenvalue weighted by Crippen LogP contribution is 2.40. The average Bonchev–Trinajstić information content (AvgIpc) is 3.18. The number of thioether (sulfide) groups is 1. The highest BCUT2D eigenvalue weighted by atomic mass is 32.2. The van der Waals surface area contributed by atoms with Crippen LogP contribution in [0.25, 0.3) is 11.1 Å². The van der Waals surface area contributed by atoms with E-state index in [9.17, 15) is 4.79 Å². The molecule has 2 nitrogen and oxygen atoms in total. The molecule has 1 heterocycles. The number of carbonyl (C=O) groups excluding carboxylic acids is 1. The van der Waals surface area contributed by atoms with E-state index in [0.29, 0.717) is 0 Å². The number of carbonyl (C=O) groups is 1. The molecule has 3 aromatic carbocycles. The molecule has 1 atom stereocenters. The zero-order valence-electron chi connectivity index (χ0n) is 15.7. The number of amides is 1. The number of aryl methyl sites for hydroxylation is 2. The molecule has 1 aliphatic heterocycles. The Kier molecular flexibility index (Phi) is 5.04. The van der Waals surface area contributed by atoms with Crippen LogP contribution >= 0.6 is 11.8 Å². The summed E-state index contributed by atoms with van der Waals surface area (Å²) in [5.41, 5.74) is 6.82. The van der Waals surface area contributed by atoms with Crippen LogP contribution in [-0.2, 0) is 0 Å². The maximum Gasteiger partial charge on any atom is 0.255 e. The van der Waals surface area contributed by atoms with Crippen LogP contribution in [0.5, 0.6) is 0 Å². The Hall–Kier alpha value is -2.52. The third-order valence-electron chi connectivity index (χ3n) is 5.08. The molecule has 1 saturated heterocycles. The van der Waals surface area contributed by atoms with Gasteiger partial charge < -0.3 is 4.90 Å². The second kappa shape index (κ2) is 7.61. The van der Waals surface area contributed by atoms with Gasteiger partial charge in [-0.1, -0.05) is 66.2 Å². The maximum absolute atomic E-state index is 13.2. The molecule has 136 valence electrons. The molecule has 1 fully saturated rings. The monoisotopic (exact) mass is 373 g/mol. The molecular formula is C24H23NOS. The van der Waals surface area contributed by atoms with Crippen molar-refractivity contribution >= 4 is 17.7 Å². The fourth-order valence-corrected chi connectivity index (χ4v) is 4.99. The van der Waals surface area contributed by atoms with Crippen molar-refractivity contribution < 1.29 is 4.79 Å². The lowest BCUT2D eigenvalue weighted by Crippen LogP contribution is -2.30. The number of hydrogen-bond acceptors (Lipinski definition) is 2. The summed E-state index contributed by atoms with van der Waals surface area (Å²) >= 11 is 1.85. The Balaban J connectivity index is 1.58. The Morgan fingerprint density at radius 1 is 0.926 bits per heavy atom. The molecule has 0 radical (unpaired) electrons. The summed E-state index contributed by atoms with van der Waals surface area (Å²) in [5, 5.41) is 0.104. The Labute approximate surface area is 165 Å². The van der Waals surface area contributed by atoms with Gasteiger partial charge in [-0.05, 0) is 48.2 Å². The molecule has 0 aliphatic carbocycles. The second-order valence-corrected chi connectivity index (χ2v) is 8.21. The van der Waals surface area contributed by atoms with Gasteiger partial charge in [0.15, 0.2) is 0 Å². The van der Waals surface area contributed by atoms with Crippen LogP contribution in [0.1, 0.15) is 32.4 Å². The molecule has 3 heteroatoms. The standard InChI is InChI=1S/C24H23NOS/c1-17-8-13-22(18(2)16-17)24-25(14-15-27-24)23(26)21-11-9-20(10-12-21)19-6-4-3-5-7-19/h3-13,16,24H,14-15H2,1-2H3/t24-/m1/s1. The molecule has 1 aliphatic rings. The van der Waals surface area contributed by atoms with Crippen molar-refractivity contribution in [2.45, 2.75) is 19.2 Å². The van der Waals surface area contributed by atoms with E-state index < -0.39 is 0 Å². The van der Waals surface area contributed by atoms with Gasteiger partial charge in [0.2, 0.25) is 0 Å². The van der Waals surface area contributed by atoms with E-state index in [4.69, 9.17) is 0 Å². The molecular weight excluding hydrogens is 350 g/mol. The van der Waals surface area contributed by atoms with E-state index in [1.165, 1.54) is 22.3 Å². The first-order valence-electron chi connectivity index (χ1n) is 9.29. The van der Waals surface area contributed by atoms with Gasteiger partial charge in [-0.25, -0.2) is 0 Å². The lowest BCUT2D eigenvalue weighted by Gasteiger charge is -2.25. The van der Waals surface area contributed by atoms with Gasteiger partial charge in [0, 0.05) is 17.9 Å². The first-order valence-corrected chi connectivity index (χ1v) is 10.3. The van der Waals surface area contributed by atoms with Crippen molar-refractivity contribution in [3.8, 4) is 11.1 Å². The molecule has 1 amide bonds. The van der Waals surface area contributed by atoms with Crippen LogP contribution in [0.3, 0.4) is 0 Å². The van der Waals surface area contributed by atoms with Crippen LogP contribution in [0.4, 0.5) is 0 Å². The second-order valence-electron chi connectivity index (χ2n) is 7.03. The molecule has 0 N–H and O–H groups in total. The predicted molar refractivity (Wildman–Crippen MR) is 114 cm³/mol. The topological polar surface area (TPSA) is 20.3 Å². The average molecular weight is 374 g/mol. The van der Waals surface area contributed by atoms with Crippen molar-refractivity contribution in [3.05, 3.63) is 95.1 Å². The van der Waals surface area contributed by atoms with Crippen LogP contribution in [0.15, 0.2) is 72.8 Å². The fraction of sp³-hybridized carbons (Fsp3) is 0.208. The van der Waals surface area contributed by atoms with Gasteiger partial charge in [0.1, 0.15) is 5.37 Å². The van der Waals surface area contributed by atoms with Gasteiger partial charge >= 0.3 is 0 Å². The lowest BCUT2D eigenvalue weighted by atomic mass is 10.0. The van der Waals surface area contributed by atoms with Crippen molar-refractivity contribution in [2.24, 2.45) is 0 Å². The largest absolute Gasteiger partial charge is 0.322 e. The minimum atomic E-state index is 0.104. The third kappa shape index (κ3) is 3.65. The quantitative estimate of drug-likeness (QED) is 0.573. The Morgan fingerprint density at radius 2 is 1.63 bits per heavy atom. The lowest BCUT2D eigenvalue weighted by molar-refractivity contribution is 0.0760.